The van der Waals surface area contributed by atoms with Gasteiger partial charge in [-0.25, -0.2) is 0 Å². The molecule has 0 N–H and O–H groups in total. The second-order valence-electron chi connectivity index (χ2n) is 18.4. The number of nitrogens with zero attached hydrogens (tertiary/aromatic N) is 2. The van der Waals surface area contributed by atoms with Crippen molar-refractivity contribution in [3.63, 3.8) is 0 Å². The molecule has 64 heavy (non-hydrogen) atoms. The summed E-state index contributed by atoms with van der Waals surface area (Å²) in [6.07, 6.45) is 0. The monoisotopic (exact) mass is 840 g/mol. The van der Waals surface area contributed by atoms with E-state index in [1.54, 1.807) is 0 Å². The highest BCUT2D eigenvalue weighted by Gasteiger charge is 2.45. The van der Waals surface area contributed by atoms with Crippen LogP contribution >= 0.6 is 11.3 Å². The molecule has 0 fully saturated rings. The second kappa shape index (κ2) is 13.1. The van der Waals surface area contributed by atoms with Gasteiger partial charge in [-0.05, 0) is 105 Å². The summed E-state index contributed by atoms with van der Waals surface area (Å²) < 4.78 is 21.9. The van der Waals surface area contributed by atoms with Gasteiger partial charge in [0.15, 0.2) is 0 Å². The van der Waals surface area contributed by atoms with Crippen molar-refractivity contribution in [2.24, 2.45) is 0 Å². The third kappa shape index (κ3) is 5.08. The molecule has 0 bridgehead atoms. The van der Waals surface area contributed by atoms with Crippen LogP contribution in [0.1, 0.15) is 26.3 Å². The van der Waals surface area contributed by atoms with Crippen LogP contribution in [0.4, 0.5) is 34.1 Å². The molecular formula is C56H38B2N2O3S. The van der Waals surface area contributed by atoms with Crippen LogP contribution in [-0.2, 0) is 5.41 Å². The summed E-state index contributed by atoms with van der Waals surface area (Å²) in [4.78, 5) is 6.04. The zero-order valence-electron chi connectivity index (χ0n) is 35.4. The zero-order chi connectivity index (χ0) is 42.4. The molecule has 8 aromatic carbocycles. The van der Waals surface area contributed by atoms with E-state index in [0.717, 1.165) is 78.6 Å². The molecule has 0 radical (unpaired) electrons. The maximum absolute atomic E-state index is 6.94. The van der Waals surface area contributed by atoms with Crippen LogP contribution in [0.15, 0.2) is 180 Å². The number of ether oxygens (including phenoxy) is 2. The summed E-state index contributed by atoms with van der Waals surface area (Å²) in [6, 6.07) is 63.5. The van der Waals surface area contributed by atoms with Gasteiger partial charge in [0.1, 0.15) is 34.2 Å². The van der Waals surface area contributed by atoms with E-state index >= 15 is 0 Å². The molecule has 0 atom stereocenters. The lowest BCUT2D eigenvalue weighted by atomic mass is 9.34. The quantitative estimate of drug-likeness (QED) is 0.166. The number of hydrogen-bond acceptors (Lipinski definition) is 6. The Morgan fingerprint density at radius 3 is 1.59 bits per heavy atom. The van der Waals surface area contributed by atoms with Crippen LogP contribution in [0.3, 0.4) is 0 Å². The number of rotatable bonds is 3. The Bertz CT molecular complexity index is 3580. The summed E-state index contributed by atoms with van der Waals surface area (Å²) in [7, 11) is 0. The van der Waals surface area contributed by atoms with Crippen LogP contribution in [-0.4, -0.2) is 13.4 Å². The van der Waals surface area contributed by atoms with Crippen LogP contribution in [0, 0.1) is 0 Å². The van der Waals surface area contributed by atoms with Gasteiger partial charge < -0.3 is 23.7 Å². The van der Waals surface area contributed by atoms with Gasteiger partial charge in [0, 0.05) is 61.0 Å². The van der Waals surface area contributed by atoms with E-state index in [4.69, 9.17) is 13.9 Å². The van der Waals surface area contributed by atoms with Crippen LogP contribution in [0.2, 0.25) is 0 Å². The number of benzene rings is 8. The molecule has 0 aliphatic carbocycles. The van der Waals surface area contributed by atoms with Gasteiger partial charge in [-0.3, -0.25) is 0 Å². The van der Waals surface area contributed by atoms with Crippen molar-refractivity contribution in [3.8, 4) is 33.4 Å². The van der Waals surface area contributed by atoms with Crippen LogP contribution in [0.5, 0.6) is 23.0 Å². The van der Waals surface area contributed by atoms with Gasteiger partial charge >= 0.3 is 0 Å². The van der Waals surface area contributed by atoms with E-state index < -0.39 is 0 Å². The van der Waals surface area contributed by atoms with Gasteiger partial charge in [-0.15, -0.1) is 11.3 Å². The predicted molar refractivity (Wildman–Crippen MR) is 267 cm³/mol. The van der Waals surface area contributed by atoms with Gasteiger partial charge in [0.05, 0.1) is 5.69 Å². The fourth-order valence-corrected chi connectivity index (χ4v) is 12.1. The number of furan rings is 1. The van der Waals surface area contributed by atoms with Crippen LogP contribution in [0.25, 0.3) is 32.4 Å². The molecule has 302 valence electrons. The third-order valence-electron chi connectivity index (χ3n) is 13.7. The zero-order valence-corrected chi connectivity index (χ0v) is 36.2. The van der Waals surface area contributed by atoms with E-state index in [1.807, 2.05) is 11.3 Å². The minimum Gasteiger partial charge on any atom is -0.458 e. The van der Waals surface area contributed by atoms with Crippen molar-refractivity contribution in [2.75, 3.05) is 9.80 Å². The number of hydrogen-bond donors (Lipinski definition) is 0. The Morgan fingerprint density at radius 2 is 0.984 bits per heavy atom. The number of thiophene rings is 1. The number of para-hydroxylation sites is 3. The highest BCUT2D eigenvalue weighted by atomic mass is 32.1. The molecule has 14 rings (SSSR count). The summed E-state index contributed by atoms with van der Waals surface area (Å²) in [5.41, 5.74) is 17.0. The molecule has 6 heterocycles. The van der Waals surface area contributed by atoms with E-state index in [0.29, 0.717) is 0 Å². The normalized spacial score (nSPS) is 14.0. The molecule has 8 heteroatoms. The van der Waals surface area contributed by atoms with Crippen molar-refractivity contribution >= 4 is 113 Å². The first-order valence-electron chi connectivity index (χ1n) is 22.1. The molecule has 5 nitrogen and oxygen atoms in total. The molecule has 0 saturated carbocycles. The van der Waals surface area contributed by atoms with E-state index in [1.165, 1.54) is 48.5 Å². The lowest BCUT2D eigenvalue weighted by Crippen LogP contribution is -2.59. The van der Waals surface area contributed by atoms with Crippen molar-refractivity contribution in [3.05, 3.63) is 181 Å². The maximum Gasteiger partial charge on any atom is 0.268 e. The van der Waals surface area contributed by atoms with Gasteiger partial charge in [-0.1, -0.05) is 124 Å². The molecule has 0 unspecified atom stereocenters. The highest BCUT2D eigenvalue weighted by Crippen LogP contribution is 2.46. The number of anilines is 6. The Labute approximate surface area is 375 Å². The average Bonchev–Trinajstić information content (AvgIpc) is 3.91. The molecule has 4 aliphatic rings. The molecule has 10 aromatic rings. The minimum absolute atomic E-state index is 0.0252. The summed E-state index contributed by atoms with van der Waals surface area (Å²) in [5, 5.41) is 2.13. The van der Waals surface area contributed by atoms with Crippen molar-refractivity contribution < 1.29 is 13.9 Å². The average molecular weight is 841 g/mol. The van der Waals surface area contributed by atoms with Gasteiger partial charge in [0.2, 0.25) is 0 Å². The van der Waals surface area contributed by atoms with Gasteiger partial charge in [0.25, 0.3) is 13.4 Å². The Morgan fingerprint density at radius 1 is 0.453 bits per heavy atom. The van der Waals surface area contributed by atoms with Crippen molar-refractivity contribution in [1.82, 2.24) is 0 Å². The molecule has 0 saturated heterocycles. The predicted octanol–water partition coefficient (Wildman–Crippen LogP) is 11.4. The third-order valence-corrected chi connectivity index (χ3v) is 15.0. The second-order valence-corrected chi connectivity index (χ2v) is 19.5. The van der Waals surface area contributed by atoms with E-state index in [-0.39, 0.29) is 18.8 Å². The summed E-state index contributed by atoms with van der Waals surface area (Å²) >= 11 is 1.89. The van der Waals surface area contributed by atoms with E-state index in [2.05, 4.69) is 206 Å². The topological polar surface area (TPSA) is 38.1 Å². The Kier molecular flexibility index (Phi) is 7.37. The Balaban J connectivity index is 0.962. The molecule has 2 aromatic heterocycles. The lowest BCUT2D eigenvalue weighted by molar-refractivity contribution is 0.486. The standard InChI is InChI=1S/C56H38B2N2O3S/c1-56(2,3)34-26-24-33(25-27-34)52-30-45-55(64-52)58-41-29-38-37-28-40-50(61-46-22-12-20-43-53(46)57(40)39-18-10-11-19-42(39)59(43)35-14-6-4-7-15-35)31-48(37)63-49(38)32-51(41)62-47-23-13-21-44(54(47)58)60(45)36-16-8-5-9-17-36/h4-32H,1-3H3. The summed E-state index contributed by atoms with van der Waals surface area (Å²) in [5.74, 6) is 3.39. The minimum atomic E-state index is -0.0450. The molecular weight excluding hydrogens is 802 g/mol. The maximum atomic E-state index is 6.94. The first-order chi connectivity index (χ1) is 31.4. The molecule has 4 aliphatic heterocycles. The van der Waals surface area contributed by atoms with Crippen molar-refractivity contribution in [1.29, 1.82) is 0 Å². The fourth-order valence-electron chi connectivity index (χ4n) is 10.8. The SMILES string of the molecule is CC(C)(C)c1ccc(-c2cc3c(s2)B2c4cc5c(cc4Oc4cccc(c42)N3c2ccccc2)oc2cc3c(cc25)B2c4ccccc4N(c4ccccc4)c4cccc(c42)O3)cc1. The Hall–Kier alpha value is -7.41. The lowest BCUT2D eigenvalue weighted by Gasteiger charge is -2.39. The first-order valence-corrected chi connectivity index (χ1v) is 22.9. The van der Waals surface area contributed by atoms with Gasteiger partial charge in [-0.2, -0.15) is 0 Å². The first kappa shape index (κ1) is 36.1. The molecule has 0 spiro atoms. The smallest absolute Gasteiger partial charge is 0.268 e. The van der Waals surface area contributed by atoms with E-state index in [9.17, 15) is 0 Å². The largest absolute Gasteiger partial charge is 0.458 e. The fraction of sp³-hybridized carbons (Fsp3) is 0.0714. The molecule has 0 amide bonds. The highest BCUT2D eigenvalue weighted by molar-refractivity contribution is 7.31. The van der Waals surface area contributed by atoms with Crippen molar-refractivity contribution in [2.45, 2.75) is 26.2 Å². The summed E-state index contributed by atoms with van der Waals surface area (Å²) in [6.45, 7) is 6.74. The number of fused-ring (bicyclic) bond motifs is 11. The van der Waals surface area contributed by atoms with Crippen LogP contribution < -0.4 is 51.4 Å².